The van der Waals surface area contributed by atoms with Gasteiger partial charge in [-0.25, -0.2) is 4.52 Å². The first-order valence-electron chi connectivity index (χ1n) is 5.16. The fraction of sp³-hybridized carbons (Fsp3) is 0.300. The van der Waals surface area contributed by atoms with E-state index in [-0.39, 0.29) is 11.9 Å². The Morgan fingerprint density at radius 2 is 2.44 bits per heavy atom. The van der Waals surface area contributed by atoms with E-state index in [0.717, 1.165) is 5.65 Å². The van der Waals surface area contributed by atoms with Crippen LogP contribution in [0.15, 0.2) is 24.4 Å². The van der Waals surface area contributed by atoms with Crippen LogP contribution in [0.4, 0.5) is 5.95 Å². The van der Waals surface area contributed by atoms with Crippen LogP contribution in [0.3, 0.4) is 0 Å². The molecule has 1 unspecified atom stereocenters. The number of anilines is 1. The van der Waals surface area contributed by atoms with Gasteiger partial charge in [0, 0.05) is 19.2 Å². The van der Waals surface area contributed by atoms with Gasteiger partial charge in [0.15, 0.2) is 5.65 Å². The van der Waals surface area contributed by atoms with Crippen LogP contribution < -0.4 is 10.6 Å². The fourth-order valence-electron chi connectivity index (χ4n) is 1.78. The molecular formula is C10H11N5O. The predicted molar refractivity (Wildman–Crippen MR) is 58.0 cm³/mol. The topological polar surface area (TPSA) is 71.3 Å². The summed E-state index contributed by atoms with van der Waals surface area (Å²) in [5.41, 5.74) is 0.794. The van der Waals surface area contributed by atoms with Crippen LogP contribution in [0, 0.1) is 0 Å². The van der Waals surface area contributed by atoms with E-state index in [2.05, 4.69) is 20.7 Å². The Bertz CT molecular complexity index is 502. The van der Waals surface area contributed by atoms with Crippen LogP contribution in [0.1, 0.15) is 6.42 Å². The molecule has 3 rings (SSSR count). The normalized spacial score (nSPS) is 20.0. The van der Waals surface area contributed by atoms with Gasteiger partial charge < -0.3 is 10.6 Å². The van der Waals surface area contributed by atoms with Gasteiger partial charge in [0.05, 0.1) is 6.04 Å². The number of nitrogens with zero attached hydrogens (tertiary/aromatic N) is 3. The molecule has 0 bridgehead atoms. The molecule has 2 aromatic heterocycles. The molecule has 82 valence electrons. The molecule has 1 saturated heterocycles. The van der Waals surface area contributed by atoms with E-state index in [1.807, 2.05) is 24.4 Å². The maximum absolute atomic E-state index is 11.0. The molecule has 6 heteroatoms. The van der Waals surface area contributed by atoms with Crippen LogP contribution >= 0.6 is 0 Å². The van der Waals surface area contributed by atoms with Crippen molar-refractivity contribution in [2.24, 2.45) is 0 Å². The highest BCUT2D eigenvalue weighted by Crippen LogP contribution is 2.09. The minimum atomic E-state index is 0.0706. The van der Waals surface area contributed by atoms with E-state index in [9.17, 15) is 4.79 Å². The van der Waals surface area contributed by atoms with Crippen molar-refractivity contribution in [1.82, 2.24) is 19.9 Å². The van der Waals surface area contributed by atoms with Gasteiger partial charge in [-0.15, -0.1) is 5.10 Å². The lowest BCUT2D eigenvalue weighted by Gasteiger charge is -2.06. The second-order valence-electron chi connectivity index (χ2n) is 3.79. The van der Waals surface area contributed by atoms with Crippen molar-refractivity contribution in [1.29, 1.82) is 0 Å². The quantitative estimate of drug-likeness (QED) is 0.744. The second-order valence-corrected chi connectivity index (χ2v) is 3.79. The van der Waals surface area contributed by atoms with Crippen molar-refractivity contribution in [2.45, 2.75) is 12.5 Å². The minimum Gasteiger partial charge on any atom is -0.354 e. The van der Waals surface area contributed by atoms with E-state index in [4.69, 9.17) is 0 Å². The molecule has 0 aliphatic carbocycles. The summed E-state index contributed by atoms with van der Waals surface area (Å²) >= 11 is 0. The molecule has 1 aliphatic rings. The predicted octanol–water partition coefficient (Wildman–Crippen LogP) is 0.0297. The van der Waals surface area contributed by atoms with Gasteiger partial charge in [0.25, 0.3) is 0 Å². The molecule has 0 spiro atoms. The first kappa shape index (κ1) is 9.14. The number of hydrogen-bond donors (Lipinski definition) is 2. The number of hydrogen-bond acceptors (Lipinski definition) is 4. The van der Waals surface area contributed by atoms with E-state index >= 15 is 0 Å². The van der Waals surface area contributed by atoms with Crippen LogP contribution in [0.25, 0.3) is 5.65 Å². The van der Waals surface area contributed by atoms with Gasteiger partial charge in [-0.1, -0.05) is 6.07 Å². The standard InChI is InChI=1S/C10H11N5O/c16-9-5-7(6-11-9)12-10-13-8-3-1-2-4-15(8)14-10/h1-4,7H,5-6H2,(H,11,16)(H,12,14). The van der Waals surface area contributed by atoms with Crippen LogP contribution in [0.5, 0.6) is 0 Å². The van der Waals surface area contributed by atoms with E-state index in [1.165, 1.54) is 0 Å². The maximum atomic E-state index is 11.0. The number of rotatable bonds is 2. The Balaban J connectivity index is 1.81. The highest BCUT2D eigenvalue weighted by molar-refractivity contribution is 5.79. The molecule has 1 amide bonds. The summed E-state index contributed by atoms with van der Waals surface area (Å²) in [5, 5.41) is 10.2. The van der Waals surface area contributed by atoms with Gasteiger partial charge in [-0.2, -0.15) is 4.98 Å². The molecule has 6 nitrogen and oxygen atoms in total. The number of aromatic nitrogens is 3. The van der Waals surface area contributed by atoms with Gasteiger partial charge in [-0.3, -0.25) is 4.79 Å². The molecule has 16 heavy (non-hydrogen) atoms. The number of amides is 1. The number of carbonyl (C=O) groups excluding carboxylic acids is 1. The van der Waals surface area contributed by atoms with Crippen molar-refractivity contribution in [3.05, 3.63) is 24.4 Å². The Kier molecular flexibility index (Phi) is 1.99. The van der Waals surface area contributed by atoms with Gasteiger partial charge in [-0.05, 0) is 12.1 Å². The third-order valence-electron chi connectivity index (χ3n) is 2.55. The minimum absolute atomic E-state index is 0.0706. The number of nitrogens with one attached hydrogen (secondary N) is 2. The SMILES string of the molecule is O=C1CC(Nc2nc3ccccn3n2)CN1. The van der Waals surface area contributed by atoms with Gasteiger partial charge in [0.1, 0.15) is 0 Å². The molecule has 2 aromatic rings. The summed E-state index contributed by atoms with van der Waals surface area (Å²) in [6, 6.07) is 5.78. The lowest BCUT2D eigenvalue weighted by molar-refractivity contribution is -0.119. The number of fused-ring (bicyclic) bond motifs is 1. The zero-order valence-electron chi connectivity index (χ0n) is 8.55. The Labute approximate surface area is 91.7 Å². The summed E-state index contributed by atoms with van der Waals surface area (Å²) in [5.74, 6) is 0.633. The molecule has 1 fully saturated rings. The Hall–Kier alpha value is -2.11. The third-order valence-corrected chi connectivity index (χ3v) is 2.55. The molecule has 1 aliphatic heterocycles. The summed E-state index contributed by atoms with van der Waals surface area (Å²) < 4.78 is 1.70. The molecule has 1 atom stereocenters. The molecular weight excluding hydrogens is 206 g/mol. The first-order chi connectivity index (χ1) is 7.81. The average Bonchev–Trinajstić information content (AvgIpc) is 2.84. The van der Waals surface area contributed by atoms with Crippen molar-refractivity contribution < 1.29 is 4.79 Å². The van der Waals surface area contributed by atoms with E-state index in [1.54, 1.807) is 4.52 Å². The zero-order valence-corrected chi connectivity index (χ0v) is 8.55. The Morgan fingerprint density at radius 1 is 1.50 bits per heavy atom. The lowest BCUT2D eigenvalue weighted by atomic mass is 10.3. The molecule has 0 aromatic carbocycles. The lowest BCUT2D eigenvalue weighted by Crippen LogP contribution is -2.22. The summed E-state index contributed by atoms with van der Waals surface area (Å²) in [6.07, 6.45) is 2.32. The van der Waals surface area contributed by atoms with Gasteiger partial charge in [0.2, 0.25) is 11.9 Å². The third kappa shape index (κ3) is 1.58. The van der Waals surface area contributed by atoms with Crippen molar-refractivity contribution in [2.75, 3.05) is 11.9 Å². The van der Waals surface area contributed by atoms with Crippen molar-refractivity contribution in [3.8, 4) is 0 Å². The zero-order chi connectivity index (χ0) is 11.0. The largest absolute Gasteiger partial charge is 0.354 e. The van der Waals surface area contributed by atoms with Crippen LogP contribution in [0.2, 0.25) is 0 Å². The van der Waals surface area contributed by atoms with Crippen LogP contribution in [-0.2, 0) is 4.79 Å². The smallest absolute Gasteiger partial charge is 0.243 e. The highest BCUT2D eigenvalue weighted by Gasteiger charge is 2.22. The maximum Gasteiger partial charge on any atom is 0.243 e. The highest BCUT2D eigenvalue weighted by atomic mass is 16.1. The van der Waals surface area contributed by atoms with Crippen molar-refractivity contribution >= 4 is 17.5 Å². The molecule has 3 heterocycles. The van der Waals surface area contributed by atoms with E-state index < -0.39 is 0 Å². The number of carbonyl (C=O) groups is 1. The monoisotopic (exact) mass is 217 g/mol. The summed E-state index contributed by atoms with van der Waals surface area (Å²) in [7, 11) is 0. The molecule has 0 radical (unpaired) electrons. The molecule has 2 N–H and O–H groups in total. The average molecular weight is 217 g/mol. The van der Waals surface area contributed by atoms with E-state index in [0.29, 0.717) is 18.9 Å². The Morgan fingerprint density at radius 3 is 3.19 bits per heavy atom. The summed E-state index contributed by atoms with van der Waals surface area (Å²) in [4.78, 5) is 15.3. The first-order valence-corrected chi connectivity index (χ1v) is 5.16. The molecule has 0 saturated carbocycles. The number of pyridine rings is 1. The van der Waals surface area contributed by atoms with Crippen LogP contribution in [-0.4, -0.2) is 33.1 Å². The second kappa shape index (κ2) is 3.48. The van der Waals surface area contributed by atoms with Crippen molar-refractivity contribution in [3.63, 3.8) is 0 Å². The van der Waals surface area contributed by atoms with Gasteiger partial charge >= 0.3 is 0 Å². The summed E-state index contributed by atoms with van der Waals surface area (Å²) in [6.45, 7) is 0.633. The fourth-order valence-corrected chi connectivity index (χ4v) is 1.78.